The standard InChI is InChI=1S/C17H18ClN3O4S/c1-21(2)16(22)11-19-17(23)12-5-3-8-15(9-12)26(24,25)20-14-7-4-6-13(18)10-14/h3-10,20H,11H2,1-2H3,(H,19,23). The number of nitrogens with zero attached hydrogens (tertiary/aromatic N) is 1. The van der Waals surface area contributed by atoms with Crippen molar-refractivity contribution in [1.82, 2.24) is 10.2 Å². The van der Waals surface area contributed by atoms with E-state index < -0.39 is 15.9 Å². The van der Waals surface area contributed by atoms with Crippen molar-refractivity contribution in [2.75, 3.05) is 25.4 Å². The van der Waals surface area contributed by atoms with E-state index in [1.54, 1.807) is 32.3 Å². The highest BCUT2D eigenvalue weighted by Gasteiger charge is 2.17. The molecule has 9 heteroatoms. The van der Waals surface area contributed by atoms with Crippen LogP contribution in [0.15, 0.2) is 53.4 Å². The first kappa shape index (κ1) is 19.7. The van der Waals surface area contributed by atoms with Gasteiger partial charge >= 0.3 is 0 Å². The molecule has 0 unspecified atom stereocenters. The number of halogens is 1. The third-order valence-corrected chi connectivity index (χ3v) is 5.00. The molecule has 0 heterocycles. The van der Waals surface area contributed by atoms with Crippen LogP contribution >= 0.6 is 11.6 Å². The van der Waals surface area contributed by atoms with Crippen LogP contribution in [-0.2, 0) is 14.8 Å². The summed E-state index contributed by atoms with van der Waals surface area (Å²) in [7, 11) is -0.749. The monoisotopic (exact) mass is 395 g/mol. The summed E-state index contributed by atoms with van der Waals surface area (Å²) in [5.41, 5.74) is 0.439. The predicted molar refractivity (Wildman–Crippen MR) is 99.7 cm³/mol. The highest BCUT2D eigenvalue weighted by atomic mass is 35.5. The summed E-state index contributed by atoms with van der Waals surface area (Å²) < 4.78 is 27.4. The average Bonchev–Trinajstić information content (AvgIpc) is 2.59. The molecular weight excluding hydrogens is 378 g/mol. The Morgan fingerprint density at radius 1 is 1.08 bits per heavy atom. The first-order valence-corrected chi connectivity index (χ1v) is 9.42. The van der Waals surface area contributed by atoms with E-state index in [1.165, 1.54) is 35.2 Å². The van der Waals surface area contributed by atoms with E-state index in [1.807, 2.05) is 0 Å². The van der Waals surface area contributed by atoms with Gasteiger partial charge in [0.05, 0.1) is 17.1 Å². The van der Waals surface area contributed by atoms with Gasteiger partial charge in [-0.1, -0.05) is 23.7 Å². The second-order valence-electron chi connectivity index (χ2n) is 5.61. The third kappa shape index (κ3) is 5.21. The fourth-order valence-corrected chi connectivity index (χ4v) is 3.27. The topological polar surface area (TPSA) is 95.6 Å². The van der Waals surface area contributed by atoms with Crippen LogP contribution in [0.2, 0.25) is 5.02 Å². The first-order valence-electron chi connectivity index (χ1n) is 7.56. The molecular formula is C17H18ClN3O4S. The Morgan fingerprint density at radius 2 is 1.77 bits per heavy atom. The zero-order valence-electron chi connectivity index (χ0n) is 14.2. The second-order valence-corrected chi connectivity index (χ2v) is 7.73. The van der Waals surface area contributed by atoms with Gasteiger partial charge in [0.25, 0.3) is 15.9 Å². The minimum absolute atomic E-state index is 0.0796. The fraction of sp³-hybridized carbons (Fsp3) is 0.176. The van der Waals surface area contributed by atoms with Crippen molar-refractivity contribution in [3.05, 3.63) is 59.1 Å². The number of carbonyl (C=O) groups excluding carboxylic acids is 2. The molecule has 0 saturated heterocycles. The molecule has 7 nitrogen and oxygen atoms in total. The second kappa shape index (κ2) is 8.20. The quantitative estimate of drug-likeness (QED) is 0.781. The lowest BCUT2D eigenvalue weighted by Crippen LogP contribution is -2.36. The Hall–Kier alpha value is -2.58. The lowest BCUT2D eigenvalue weighted by molar-refractivity contribution is -0.127. The molecule has 0 aromatic heterocycles. The van der Waals surface area contributed by atoms with Crippen LogP contribution in [0.25, 0.3) is 0 Å². The number of hydrogen-bond donors (Lipinski definition) is 2. The van der Waals surface area contributed by atoms with Crippen molar-refractivity contribution in [3.8, 4) is 0 Å². The van der Waals surface area contributed by atoms with E-state index in [4.69, 9.17) is 11.6 Å². The summed E-state index contributed by atoms with van der Waals surface area (Å²) in [6.45, 7) is -0.177. The van der Waals surface area contributed by atoms with Crippen molar-refractivity contribution in [2.45, 2.75) is 4.90 Å². The molecule has 2 N–H and O–H groups in total. The van der Waals surface area contributed by atoms with Crippen LogP contribution in [0.4, 0.5) is 5.69 Å². The van der Waals surface area contributed by atoms with Gasteiger partial charge in [-0.3, -0.25) is 14.3 Å². The zero-order chi connectivity index (χ0) is 19.3. The smallest absolute Gasteiger partial charge is 0.261 e. The van der Waals surface area contributed by atoms with Crippen LogP contribution in [-0.4, -0.2) is 45.8 Å². The summed E-state index contributed by atoms with van der Waals surface area (Å²) >= 11 is 5.85. The normalized spacial score (nSPS) is 10.9. The van der Waals surface area contributed by atoms with Crippen LogP contribution < -0.4 is 10.0 Å². The van der Waals surface area contributed by atoms with Crippen molar-refractivity contribution < 1.29 is 18.0 Å². The maximum atomic E-state index is 12.5. The molecule has 2 rings (SSSR count). The molecule has 0 aliphatic heterocycles. The summed E-state index contributed by atoms with van der Waals surface area (Å²) in [5.74, 6) is -0.815. The van der Waals surface area contributed by atoms with Gasteiger partial charge in [0, 0.05) is 24.7 Å². The molecule has 0 radical (unpaired) electrons. The van der Waals surface area contributed by atoms with Crippen LogP contribution in [0, 0.1) is 0 Å². The van der Waals surface area contributed by atoms with Crippen LogP contribution in [0.1, 0.15) is 10.4 Å². The summed E-state index contributed by atoms with van der Waals surface area (Å²) in [4.78, 5) is 24.9. The number of amides is 2. The van der Waals surface area contributed by atoms with Gasteiger partial charge < -0.3 is 10.2 Å². The predicted octanol–water partition coefficient (Wildman–Crippen LogP) is 1.96. The number of rotatable bonds is 6. The number of anilines is 1. The molecule has 2 aromatic rings. The van der Waals surface area contributed by atoms with E-state index in [2.05, 4.69) is 10.0 Å². The molecule has 26 heavy (non-hydrogen) atoms. The van der Waals surface area contributed by atoms with Gasteiger partial charge in [0.2, 0.25) is 5.91 Å². The maximum absolute atomic E-state index is 12.5. The van der Waals surface area contributed by atoms with Crippen LogP contribution in [0.3, 0.4) is 0 Å². The Labute approximate surface area is 157 Å². The largest absolute Gasteiger partial charge is 0.347 e. The number of sulfonamides is 1. The van der Waals surface area contributed by atoms with E-state index in [-0.39, 0.29) is 22.9 Å². The Kier molecular flexibility index (Phi) is 6.23. The lowest BCUT2D eigenvalue weighted by Gasteiger charge is -2.12. The Morgan fingerprint density at radius 3 is 2.42 bits per heavy atom. The number of nitrogens with one attached hydrogen (secondary N) is 2. The molecule has 0 spiro atoms. The molecule has 0 saturated carbocycles. The van der Waals surface area contributed by atoms with E-state index in [9.17, 15) is 18.0 Å². The summed E-state index contributed by atoms with van der Waals surface area (Å²) in [5, 5.41) is 2.85. The molecule has 0 atom stereocenters. The summed E-state index contributed by atoms with van der Waals surface area (Å²) in [6.07, 6.45) is 0. The van der Waals surface area contributed by atoms with Gasteiger partial charge in [-0.2, -0.15) is 0 Å². The van der Waals surface area contributed by atoms with Gasteiger partial charge in [-0.15, -0.1) is 0 Å². The molecule has 0 fully saturated rings. The minimum Gasteiger partial charge on any atom is -0.347 e. The van der Waals surface area contributed by atoms with Crippen molar-refractivity contribution in [2.24, 2.45) is 0 Å². The van der Waals surface area contributed by atoms with Crippen LogP contribution in [0.5, 0.6) is 0 Å². The lowest BCUT2D eigenvalue weighted by atomic mass is 10.2. The molecule has 0 aliphatic carbocycles. The van der Waals surface area contributed by atoms with Gasteiger partial charge in [-0.25, -0.2) is 8.42 Å². The summed E-state index contributed by atoms with van der Waals surface area (Å²) in [6, 6.07) is 11.8. The first-order chi connectivity index (χ1) is 12.2. The average molecular weight is 396 g/mol. The van der Waals surface area contributed by atoms with Gasteiger partial charge in [0.1, 0.15) is 0 Å². The fourth-order valence-electron chi connectivity index (χ4n) is 1.99. The SMILES string of the molecule is CN(C)C(=O)CNC(=O)c1cccc(S(=O)(=O)Nc2cccc(Cl)c2)c1. The van der Waals surface area contributed by atoms with Crippen molar-refractivity contribution in [1.29, 1.82) is 0 Å². The maximum Gasteiger partial charge on any atom is 0.261 e. The Balaban J connectivity index is 2.17. The number of likely N-dealkylation sites (N-methyl/N-ethyl adjacent to an activating group) is 1. The third-order valence-electron chi connectivity index (χ3n) is 3.38. The number of carbonyl (C=O) groups is 2. The number of benzene rings is 2. The number of hydrogen-bond acceptors (Lipinski definition) is 4. The zero-order valence-corrected chi connectivity index (χ0v) is 15.8. The van der Waals surface area contributed by atoms with E-state index in [0.29, 0.717) is 10.7 Å². The highest BCUT2D eigenvalue weighted by molar-refractivity contribution is 7.92. The van der Waals surface area contributed by atoms with E-state index in [0.717, 1.165) is 0 Å². The van der Waals surface area contributed by atoms with Crippen molar-refractivity contribution in [3.63, 3.8) is 0 Å². The molecule has 2 aromatic carbocycles. The molecule has 2 amide bonds. The molecule has 0 bridgehead atoms. The molecule has 138 valence electrons. The highest BCUT2D eigenvalue weighted by Crippen LogP contribution is 2.20. The van der Waals surface area contributed by atoms with Gasteiger partial charge in [-0.05, 0) is 36.4 Å². The Bertz CT molecular complexity index is 929. The molecule has 0 aliphatic rings. The minimum atomic E-state index is -3.89. The van der Waals surface area contributed by atoms with E-state index >= 15 is 0 Å². The van der Waals surface area contributed by atoms with Gasteiger partial charge in [0.15, 0.2) is 0 Å². The van der Waals surface area contributed by atoms with Crippen molar-refractivity contribution >= 4 is 39.1 Å².